The lowest BCUT2D eigenvalue weighted by Gasteiger charge is -2.15. The average molecular weight is 290 g/mol. The Morgan fingerprint density at radius 1 is 1.24 bits per heavy atom. The Kier molecular flexibility index (Phi) is 4.71. The van der Waals surface area contributed by atoms with Gasteiger partial charge in [0, 0.05) is 6.42 Å². The molecule has 1 aromatic carbocycles. The first kappa shape index (κ1) is 14.8. The molecule has 0 radical (unpaired) electrons. The van der Waals surface area contributed by atoms with Crippen LogP contribution < -0.4 is 11.1 Å². The van der Waals surface area contributed by atoms with Gasteiger partial charge in [-0.15, -0.1) is 0 Å². The van der Waals surface area contributed by atoms with E-state index < -0.39 is 17.8 Å². The summed E-state index contributed by atoms with van der Waals surface area (Å²) >= 11 is 0. The van der Waals surface area contributed by atoms with Gasteiger partial charge in [0.05, 0.1) is 12.5 Å². The second kappa shape index (κ2) is 6.69. The number of primary amides is 1. The highest BCUT2D eigenvalue weighted by molar-refractivity contribution is 5.87. The molecule has 0 saturated carbocycles. The van der Waals surface area contributed by atoms with Crippen LogP contribution in [0.25, 0.3) is 0 Å². The molecule has 0 aliphatic rings. The molecule has 6 heteroatoms. The molecule has 21 heavy (non-hydrogen) atoms. The van der Waals surface area contributed by atoms with E-state index in [1.54, 1.807) is 12.3 Å². The van der Waals surface area contributed by atoms with Gasteiger partial charge in [0.1, 0.15) is 11.9 Å². The van der Waals surface area contributed by atoms with Crippen LogP contribution in [0.1, 0.15) is 23.6 Å². The lowest BCUT2D eigenvalue weighted by molar-refractivity contribution is -0.127. The zero-order valence-corrected chi connectivity index (χ0v) is 11.2. The van der Waals surface area contributed by atoms with Crippen LogP contribution in [0, 0.1) is 5.82 Å². The summed E-state index contributed by atoms with van der Waals surface area (Å²) in [5, 5.41) is 2.55. The smallest absolute Gasteiger partial charge is 0.244 e. The molecule has 0 aliphatic heterocycles. The SMILES string of the molecule is NC(=O)C(NC(=O)CCc1ccoc1)c1ccc(F)cc1. The molecule has 2 rings (SSSR count). The van der Waals surface area contributed by atoms with Gasteiger partial charge in [0.15, 0.2) is 0 Å². The Balaban J connectivity index is 1.97. The number of benzene rings is 1. The Hall–Kier alpha value is -2.63. The van der Waals surface area contributed by atoms with E-state index in [0.29, 0.717) is 12.0 Å². The summed E-state index contributed by atoms with van der Waals surface area (Å²) in [6, 6.07) is 6.05. The van der Waals surface area contributed by atoms with E-state index in [1.807, 2.05) is 0 Å². The number of amides is 2. The summed E-state index contributed by atoms with van der Waals surface area (Å²) in [4.78, 5) is 23.3. The third-order valence-electron chi connectivity index (χ3n) is 3.01. The van der Waals surface area contributed by atoms with Crippen LogP contribution in [-0.2, 0) is 16.0 Å². The maximum atomic E-state index is 12.9. The van der Waals surface area contributed by atoms with Crippen molar-refractivity contribution < 1.29 is 18.4 Å². The molecule has 110 valence electrons. The summed E-state index contributed by atoms with van der Waals surface area (Å²) < 4.78 is 17.8. The van der Waals surface area contributed by atoms with Gasteiger partial charge >= 0.3 is 0 Å². The molecule has 1 heterocycles. The highest BCUT2D eigenvalue weighted by Gasteiger charge is 2.20. The molecule has 0 saturated heterocycles. The van der Waals surface area contributed by atoms with Crippen LogP contribution >= 0.6 is 0 Å². The molecular formula is C15H15FN2O3. The summed E-state index contributed by atoms with van der Waals surface area (Å²) in [6.07, 6.45) is 3.78. The third kappa shape index (κ3) is 4.17. The van der Waals surface area contributed by atoms with Crippen molar-refractivity contribution in [1.82, 2.24) is 5.32 Å². The minimum Gasteiger partial charge on any atom is -0.472 e. The Morgan fingerprint density at radius 3 is 2.52 bits per heavy atom. The van der Waals surface area contributed by atoms with Gasteiger partial charge in [-0.1, -0.05) is 12.1 Å². The zero-order valence-electron chi connectivity index (χ0n) is 11.2. The van der Waals surface area contributed by atoms with E-state index in [-0.39, 0.29) is 12.3 Å². The van der Waals surface area contributed by atoms with Gasteiger partial charge < -0.3 is 15.5 Å². The van der Waals surface area contributed by atoms with Crippen molar-refractivity contribution in [3.05, 3.63) is 59.8 Å². The summed E-state index contributed by atoms with van der Waals surface area (Å²) in [5.41, 5.74) is 6.62. The predicted octanol–water partition coefficient (Wildman–Crippen LogP) is 1.69. The topological polar surface area (TPSA) is 85.3 Å². The fourth-order valence-corrected chi connectivity index (χ4v) is 1.90. The molecule has 1 aromatic heterocycles. The number of rotatable bonds is 6. The molecule has 0 bridgehead atoms. The van der Waals surface area contributed by atoms with Crippen LogP contribution in [0.3, 0.4) is 0 Å². The Morgan fingerprint density at radius 2 is 1.95 bits per heavy atom. The number of carbonyl (C=O) groups is 2. The van der Waals surface area contributed by atoms with Crippen molar-refractivity contribution in [1.29, 1.82) is 0 Å². The lowest BCUT2D eigenvalue weighted by atomic mass is 10.1. The molecule has 3 N–H and O–H groups in total. The molecule has 2 aromatic rings. The van der Waals surface area contributed by atoms with Crippen molar-refractivity contribution in [2.24, 2.45) is 5.73 Å². The highest BCUT2D eigenvalue weighted by atomic mass is 19.1. The summed E-state index contributed by atoms with van der Waals surface area (Å²) in [6.45, 7) is 0. The Labute approximate surface area is 120 Å². The van der Waals surface area contributed by atoms with Gasteiger partial charge in [-0.2, -0.15) is 0 Å². The number of furan rings is 1. The van der Waals surface area contributed by atoms with E-state index in [9.17, 15) is 14.0 Å². The number of nitrogens with two attached hydrogens (primary N) is 1. The highest BCUT2D eigenvalue weighted by Crippen LogP contribution is 2.14. The minimum absolute atomic E-state index is 0.199. The molecular weight excluding hydrogens is 275 g/mol. The van der Waals surface area contributed by atoms with E-state index in [2.05, 4.69) is 5.32 Å². The quantitative estimate of drug-likeness (QED) is 0.849. The number of hydrogen-bond acceptors (Lipinski definition) is 3. The summed E-state index contributed by atoms with van der Waals surface area (Å²) in [7, 11) is 0. The first-order chi connectivity index (χ1) is 10.1. The molecule has 0 fully saturated rings. The second-order valence-corrected chi connectivity index (χ2v) is 4.59. The monoisotopic (exact) mass is 290 g/mol. The maximum absolute atomic E-state index is 12.9. The zero-order chi connectivity index (χ0) is 15.2. The van der Waals surface area contributed by atoms with Gasteiger partial charge in [-0.3, -0.25) is 9.59 Å². The lowest BCUT2D eigenvalue weighted by Crippen LogP contribution is -2.37. The number of aryl methyl sites for hydroxylation is 1. The van der Waals surface area contributed by atoms with Crippen LogP contribution in [0.4, 0.5) is 4.39 Å². The fourth-order valence-electron chi connectivity index (χ4n) is 1.90. The standard InChI is InChI=1S/C15H15FN2O3/c16-12-4-2-11(3-5-12)14(15(17)20)18-13(19)6-1-10-7-8-21-9-10/h2-5,7-9,14H,1,6H2,(H2,17,20)(H,18,19). The second-order valence-electron chi connectivity index (χ2n) is 4.59. The molecule has 0 aliphatic carbocycles. The van der Waals surface area contributed by atoms with Crippen LogP contribution in [-0.4, -0.2) is 11.8 Å². The normalized spacial score (nSPS) is 11.9. The van der Waals surface area contributed by atoms with Gasteiger partial charge in [0.25, 0.3) is 0 Å². The predicted molar refractivity (Wildman–Crippen MR) is 73.5 cm³/mol. The average Bonchev–Trinajstić information content (AvgIpc) is 2.97. The van der Waals surface area contributed by atoms with Crippen molar-refractivity contribution in [3.63, 3.8) is 0 Å². The third-order valence-corrected chi connectivity index (χ3v) is 3.01. The van der Waals surface area contributed by atoms with Gasteiger partial charge in [0.2, 0.25) is 11.8 Å². The molecule has 1 atom stereocenters. The number of halogens is 1. The van der Waals surface area contributed by atoms with Crippen LogP contribution in [0.2, 0.25) is 0 Å². The van der Waals surface area contributed by atoms with Gasteiger partial charge in [-0.25, -0.2) is 4.39 Å². The maximum Gasteiger partial charge on any atom is 0.244 e. The largest absolute Gasteiger partial charge is 0.472 e. The number of carbonyl (C=O) groups excluding carboxylic acids is 2. The van der Waals surface area contributed by atoms with Crippen LogP contribution in [0.5, 0.6) is 0 Å². The number of hydrogen-bond donors (Lipinski definition) is 2. The van der Waals surface area contributed by atoms with E-state index in [0.717, 1.165) is 5.56 Å². The Bertz CT molecular complexity index is 608. The number of nitrogens with one attached hydrogen (secondary N) is 1. The molecule has 2 amide bonds. The van der Waals surface area contributed by atoms with Crippen molar-refractivity contribution in [2.45, 2.75) is 18.9 Å². The van der Waals surface area contributed by atoms with Crippen LogP contribution in [0.15, 0.2) is 47.3 Å². The van der Waals surface area contributed by atoms with E-state index in [4.69, 9.17) is 10.2 Å². The van der Waals surface area contributed by atoms with Crippen molar-refractivity contribution in [3.8, 4) is 0 Å². The molecule has 0 spiro atoms. The minimum atomic E-state index is -0.970. The van der Waals surface area contributed by atoms with E-state index in [1.165, 1.54) is 30.5 Å². The summed E-state index contributed by atoms with van der Waals surface area (Å²) in [5.74, 6) is -1.43. The molecule has 1 unspecified atom stereocenters. The first-order valence-corrected chi connectivity index (χ1v) is 6.41. The van der Waals surface area contributed by atoms with Gasteiger partial charge in [-0.05, 0) is 35.7 Å². The van der Waals surface area contributed by atoms with E-state index >= 15 is 0 Å². The fraction of sp³-hybridized carbons (Fsp3) is 0.200. The van der Waals surface area contributed by atoms with Crippen molar-refractivity contribution in [2.75, 3.05) is 0 Å². The molecule has 5 nitrogen and oxygen atoms in total. The first-order valence-electron chi connectivity index (χ1n) is 6.41. The van der Waals surface area contributed by atoms with Crippen molar-refractivity contribution >= 4 is 11.8 Å².